The molecule has 0 amide bonds. The Labute approximate surface area is 113 Å². The van der Waals surface area contributed by atoms with Gasteiger partial charge in [-0.15, -0.1) is 0 Å². The van der Waals surface area contributed by atoms with E-state index in [0.717, 1.165) is 24.9 Å². The first-order valence-electron chi connectivity index (χ1n) is 6.13. The van der Waals surface area contributed by atoms with Crippen LogP contribution < -0.4 is 5.14 Å². The fraction of sp³-hybridized carbons (Fsp3) is 0.385. The molecular formula is C13H18N2O3S. The number of fused-ring (bicyclic) bond motifs is 1. The van der Waals surface area contributed by atoms with E-state index in [1.54, 1.807) is 19.4 Å². The van der Waals surface area contributed by atoms with E-state index in [-0.39, 0.29) is 4.90 Å². The van der Waals surface area contributed by atoms with Crippen molar-refractivity contribution in [3.8, 4) is 0 Å². The van der Waals surface area contributed by atoms with Crippen LogP contribution in [0.25, 0.3) is 10.9 Å². The lowest BCUT2D eigenvalue weighted by Crippen LogP contribution is -2.11. The molecule has 2 aromatic rings. The van der Waals surface area contributed by atoms with Gasteiger partial charge in [0.25, 0.3) is 0 Å². The predicted octanol–water partition coefficient (Wildman–Crippen LogP) is 1.72. The quantitative estimate of drug-likeness (QED) is 0.820. The molecule has 2 N–H and O–H groups in total. The van der Waals surface area contributed by atoms with E-state index in [1.165, 1.54) is 0 Å². The number of methoxy groups -OCH3 is 1. The minimum atomic E-state index is -3.69. The summed E-state index contributed by atoms with van der Waals surface area (Å²) in [6.45, 7) is 1.46. The molecule has 1 heterocycles. The van der Waals surface area contributed by atoms with Crippen LogP contribution in [0.3, 0.4) is 0 Å². The molecule has 2 rings (SSSR count). The number of hydrogen-bond acceptors (Lipinski definition) is 3. The topological polar surface area (TPSA) is 74.3 Å². The number of para-hydroxylation sites is 1. The number of primary sulfonamides is 1. The third kappa shape index (κ3) is 3.15. The highest BCUT2D eigenvalue weighted by Crippen LogP contribution is 2.24. The minimum absolute atomic E-state index is 0.190. The number of ether oxygens (including phenoxy) is 1. The van der Waals surface area contributed by atoms with E-state index < -0.39 is 10.0 Å². The van der Waals surface area contributed by atoms with Crippen molar-refractivity contribution in [2.24, 2.45) is 5.14 Å². The van der Waals surface area contributed by atoms with Crippen LogP contribution in [0.2, 0.25) is 0 Å². The number of aromatic nitrogens is 1. The van der Waals surface area contributed by atoms with Crippen molar-refractivity contribution in [2.45, 2.75) is 24.3 Å². The van der Waals surface area contributed by atoms with Crippen LogP contribution in [0.15, 0.2) is 35.4 Å². The van der Waals surface area contributed by atoms with Crippen molar-refractivity contribution >= 4 is 20.9 Å². The zero-order valence-corrected chi connectivity index (χ0v) is 11.7. The Morgan fingerprint density at radius 3 is 2.68 bits per heavy atom. The Bertz CT molecular complexity index is 662. The zero-order chi connectivity index (χ0) is 13.9. The summed E-state index contributed by atoms with van der Waals surface area (Å²) >= 11 is 0. The number of nitrogens with zero attached hydrogens (tertiary/aromatic N) is 1. The van der Waals surface area contributed by atoms with Gasteiger partial charge in [0, 0.05) is 37.4 Å². The molecule has 0 spiro atoms. The number of hydrogen-bond donors (Lipinski definition) is 1. The Morgan fingerprint density at radius 2 is 2.00 bits per heavy atom. The zero-order valence-electron chi connectivity index (χ0n) is 10.9. The lowest BCUT2D eigenvalue weighted by Gasteiger charge is -2.04. The number of nitrogens with two attached hydrogens (primary N) is 1. The Balaban J connectivity index is 2.34. The predicted molar refractivity (Wildman–Crippen MR) is 74.4 cm³/mol. The van der Waals surface area contributed by atoms with E-state index in [0.29, 0.717) is 12.0 Å². The molecular weight excluding hydrogens is 264 g/mol. The lowest BCUT2D eigenvalue weighted by atomic mass is 10.2. The summed E-state index contributed by atoms with van der Waals surface area (Å²) in [5, 5.41) is 5.93. The summed E-state index contributed by atoms with van der Waals surface area (Å²) < 4.78 is 30.1. The van der Waals surface area contributed by atoms with E-state index >= 15 is 0 Å². The SMILES string of the molecule is COCCCCn1cc(S(N)(=O)=O)c2ccccc21. The lowest BCUT2D eigenvalue weighted by molar-refractivity contribution is 0.191. The van der Waals surface area contributed by atoms with Gasteiger partial charge >= 0.3 is 0 Å². The molecule has 1 aromatic heterocycles. The Morgan fingerprint density at radius 1 is 1.26 bits per heavy atom. The van der Waals surface area contributed by atoms with Gasteiger partial charge in [0.05, 0.1) is 0 Å². The molecule has 0 saturated carbocycles. The summed E-state index contributed by atoms with van der Waals surface area (Å²) in [4.78, 5) is 0.190. The van der Waals surface area contributed by atoms with Crippen LogP contribution in [0.5, 0.6) is 0 Å². The maximum Gasteiger partial charge on any atom is 0.240 e. The molecule has 5 nitrogen and oxygen atoms in total. The molecule has 6 heteroatoms. The summed E-state index contributed by atoms with van der Waals surface area (Å²) in [5.74, 6) is 0. The summed E-state index contributed by atoms with van der Waals surface area (Å²) in [6, 6.07) is 7.38. The van der Waals surface area contributed by atoms with Crippen LogP contribution in [-0.4, -0.2) is 26.7 Å². The monoisotopic (exact) mass is 282 g/mol. The molecule has 0 bridgehead atoms. The first kappa shape index (κ1) is 14.0. The van der Waals surface area contributed by atoms with Crippen LogP contribution in [0, 0.1) is 0 Å². The van der Waals surface area contributed by atoms with Crippen LogP contribution in [0.4, 0.5) is 0 Å². The van der Waals surface area contributed by atoms with Crippen molar-refractivity contribution in [2.75, 3.05) is 13.7 Å². The highest BCUT2D eigenvalue weighted by Gasteiger charge is 2.16. The largest absolute Gasteiger partial charge is 0.385 e. The van der Waals surface area contributed by atoms with E-state index in [9.17, 15) is 8.42 Å². The highest BCUT2D eigenvalue weighted by atomic mass is 32.2. The second-order valence-electron chi connectivity index (χ2n) is 4.45. The molecule has 0 unspecified atom stereocenters. The molecule has 1 aromatic carbocycles. The molecule has 104 valence electrons. The first-order valence-corrected chi connectivity index (χ1v) is 7.68. The normalized spacial score (nSPS) is 12.1. The summed E-state index contributed by atoms with van der Waals surface area (Å²) in [6.07, 6.45) is 3.48. The fourth-order valence-electron chi connectivity index (χ4n) is 2.15. The van der Waals surface area contributed by atoms with Gasteiger partial charge in [0.15, 0.2) is 0 Å². The second kappa shape index (κ2) is 5.73. The standard InChI is InChI=1S/C13H18N2O3S/c1-18-9-5-4-8-15-10-13(19(14,16)17)11-6-2-3-7-12(11)15/h2-3,6-7,10H,4-5,8-9H2,1H3,(H2,14,16,17). The second-order valence-corrected chi connectivity index (χ2v) is 5.98. The van der Waals surface area contributed by atoms with Gasteiger partial charge in [-0.05, 0) is 18.9 Å². The van der Waals surface area contributed by atoms with Crippen molar-refractivity contribution < 1.29 is 13.2 Å². The first-order chi connectivity index (χ1) is 9.04. The molecule has 0 fully saturated rings. The van der Waals surface area contributed by atoms with Gasteiger partial charge in [-0.25, -0.2) is 13.6 Å². The number of unbranched alkanes of at least 4 members (excludes halogenated alkanes) is 1. The van der Waals surface area contributed by atoms with Gasteiger partial charge in [-0.3, -0.25) is 0 Å². The number of benzene rings is 1. The smallest absolute Gasteiger partial charge is 0.240 e. The molecule has 0 aliphatic carbocycles. The van der Waals surface area contributed by atoms with Gasteiger partial charge in [0.2, 0.25) is 10.0 Å². The van der Waals surface area contributed by atoms with Gasteiger partial charge in [0.1, 0.15) is 4.90 Å². The van der Waals surface area contributed by atoms with Crippen molar-refractivity contribution in [1.82, 2.24) is 4.57 Å². The average molecular weight is 282 g/mol. The maximum absolute atomic E-state index is 11.6. The average Bonchev–Trinajstić information content (AvgIpc) is 2.74. The number of rotatable bonds is 6. The third-order valence-corrected chi connectivity index (χ3v) is 3.99. The highest BCUT2D eigenvalue weighted by molar-refractivity contribution is 7.89. The van der Waals surface area contributed by atoms with Crippen LogP contribution in [0.1, 0.15) is 12.8 Å². The third-order valence-electron chi connectivity index (χ3n) is 3.06. The van der Waals surface area contributed by atoms with Crippen molar-refractivity contribution in [3.05, 3.63) is 30.5 Å². The van der Waals surface area contributed by atoms with Gasteiger partial charge in [-0.2, -0.15) is 0 Å². The summed E-state index contributed by atoms with van der Waals surface area (Å²) in [7, 11) is -2.02. The molecule has 19 heavy (non-hydrogen) atoms. The maximum atomic E-state index is 11.6. The number of sulfonamides is 1. The van der Waals surface area contributed by atoms with E-state index in [1.807, 2.05) is 22.8 Å². The molecule has 0 atom stereocenters. The van der Waals surface area contributed by atoms with Crippen molar-refractivity contribution in [3.63, 3.8) is 0 Å². The van der Waals surface area contributed by atoms with Crippen LogP contribution >= 0.6 is 0 Å². The molecule has 0 aliphatic heterocycles. The van der Waals surface area contributed by atoms with Crippen LogP contribution in [-0.2, 0) is 21.3 Å². The van der Waals surface area contributed by atoms with Gasteiger partial charge < -0.3 is 9.30 Å². The molecule has 0 saturated heterocycles. The fourth-order valence-corrected chi connectivity index (χ4v) is 2.91. The Hall–Kier alpha value is -1.37. The van der Waals surface area contributed by atoms with E-state index in [2.05, 4.69) is 0 Å². The molecule has 0 radical (unpaired) electrons. The summed E-state index contributed by atoms with van der Waals surface area (Å²) in [5.41, 5.74) is 0.893. The number of aryl methyl sites for hydroxylation is 1. The minimum Gasteiger partial charge on any atom is -0.385 e. The molecule has 0 aliphatic rings. The van der Waals surface area contributed by atoms with E-state index in [4.69, 9.17) is 9.88 Å². The van der Waals surface area contributed by atoms with Crippen molar-refractivity contribution in [1.29, 1.82) is 0 Å². The Kier molecular flexibility index (Phi) is 4.24. The van der Waals surface area contributed by atoms with Gasteiger partial charge in [-0.1, -0.05) is 18.2 Å².